The Labute approximate surface area is 160 Å². The Balaban J connectivity index is 2.07. The van der Waals surface area contributed by atoms with Gasteiger partial charge in [0.05, 0.1) is 16.8 Å². The average molecular weight is 378 g/mol. The number of hydrogen-bond donors (Lipinski definition) is 3. The van der Waals surface area contributed by atoms with Gasteiger partial charge in [0.25, 0.3) is 0 Å². The lowest BCUT2D eigenvalue weighted by molar-refractivity contribution is 0.0696. The number of aromatic carboxylic acids is 2. The molecule has 142 valence electrons. The SMILES string of the molecule is Cc1cc(C=Nc2cccc(O)c2)c(C)n1-c1cc(C(=O)O)cc(C(=O)O)c1. The summed E-state index contributed by atoms with van der Waals surface area (Å²) in [4.78, 5) is 27.1. The number of benzene rings is 2. The average Bonchev–Trinajstić information content (AvgIpc) is 2.93. The quantitative estimate of drug-likeness (QED) is 0.582. The molecule has 0 aliphatic rings. The van der Waals surface area contributed by atoms with E-state index in [4.69, 9.17) is 0 Å². The van der Waals surface area contributed by atoms with Crippen LogP contribution < -0.4 is 0 Å². The lowest BCUT2D eigenvalue weighted by atomic mass is 10.1. The number of hydrogen-bond acceptors (Lipinski definition) is 4. The number of nitrogens with zero attached hydrogens (tertiary/aromatic N) is 2. The zero-order valence-corrected chi connectivity index (χ0v) is 15.2. The van der Waals surface area contributed by atoms with Crippen molar-refractivity contribution in [3.05, 3.63) is 76.6 Å². The Morgan fingerprint density at radius 1 is 0.964 bits per heavy atom. The first-order chi connectivity index (χ1) is 13.3. The second-order valence-electron chi connectivity index (χ2n) is 6.32. The van der Waals surface area contributed by atoms with Crippen molar-refractivity contribution in [3.8, 4) is 11.4 Å². The van der Waals surface area contributed by atoms with Gasteiger partial charge < -0.3 is 19.9 Å². The molecule has 0 aliphatic carbocycles. The maximum atomic E-state index is 11.4. The summed E-state index contributed by atoms with van der Waals surface area (Å²) >= 11 is 0. The monoisotopic (exact) mass is 378 g/mol. The lowest BCUT2D eigenvalue weighted by Gasteiger charge is -2.12. The summed E-state index contributed by atoms with van der Waals surface area (Å²) in [6, 6.07) is 12.4. The molecule has 0 unspecified atom stereocenters. The number of carboxylic acids is 2. The van der Waals surface area contributed by atoms with Gasteiger partial charge in [0.15, 0.2) is 0 Å². The molecule has 0 saturated heterocycles. The Bertz CT molecular complexity index is 1080. The van der Waals surface area contributed by atoms with Crippen molar-refractivity contribution in [2.75, 3.05) is 0 Å². The van der Waals surface area contributed by atoms with Gasteiger partial charge in [-0.1, -0.05) is 6.07 Å². The summed E-state index contributed by atoms with van der Waals surface area (Å²) in [5, 5.41) is 28.1. The van der Waals surface area contributed by atoms with Crippen molar-refractivity contribution in [1.82, 2.24) is 4.57 Å². The molecule has 0 bridgehead atoms. The normalized spacial score (nSPS) is 11.1. The number of aliphatic imine (C=N–C) groups is 1. The Hall–Kier alpha value is -3.87. The van der Waals surface area contributed by atoms with Crippen LogP contribution in [0.5, 0.6) is 5.75 Å². The third kappa shape index (κ3) is 3.78. The van der Waals surface area contributed by atoms with E-state index in [1.165, 1.54) is 18.2 Å². The molecule has 3 aromatic rings. The van der Waals surface area contributed by atoms with Gasteiger partial charge in [-0.15, -0.1) is 0 Å². The molecule has 0 radical (unpaired) electrons. The molecular weight excluding hydrogens is 360 g/mol. The Morgan fingerprint density at radius 3 is 2.18 bits per heavy atom. The molecule has 0 spiro atoms. The summed E-state index contributed by atoms with van der Waals surface area (Å²) in [6.07, 6.45) is 1.65. The van der Waals surface area contributed by atoms with Gasteiger partial charge >= 0.3 is 11.9 Å². The summed E-state index contributed by atoms with van der Waals surface area (Å²) < 4.78 is 1.78. The molecule has 0 amide bonds. The zero-order valence-electron chi connectivity index (χ0n) is 15.2. The molecule has 28 heavy (non-hydrogen) atoms. The van der Waals surface area contributed by atoms with E-state index in [1.807, 2.05) is 19.9 Å². The highest BCUT2D eigenvalue weighted by Gasteiger charge is 2.15. The molecular formula is C21H18N2O5. The lowest BCUT2D eigenvalue weighted by Crippen LogP contribution is -2.07. The van der Waals surface area contributed by atoms with Crippen molar-refractivity contribution < 1.29 is 24.9 Å². The third-order valence-corrected chi connectivity index (χ3v) is 4.32. The zero-order chi connectivity index (χ0) is 20.4. The molecule has 7 nitrogen and oxygen atoms in total. The number of rotatable bonds is 5. The van der Waals surface area contributed by atoms with Crippen LogP contribution in [-0.2, 0) is 0 Å². The molecule has 0 atom stereocenters. The van der Waals surface area contributed by atoms with Gasteiger partial charge in [-0.3, -0.25) is 4.99 Å². The van der Waals surface area contributed by atoms with Crippen LogP contribution in [-0.4, -0.2) is 38.0 Å². The Kier molecular flexibility index (Phi) is 5.00. The first kappa shape index (κ1) is 18.9. The fourth-order valence-electron chi connectivity index (χ4n) is 3.02. The van der Waals surface area contributed by atoms with Crippen LogP contribution in [0.25, 0.3) is 5.69 Å². The second kappa shape index (κ2) is 7.40. The second-order valence-corrected chi connectivity index (χ2v) is 6.32. The highest BCUT2D eigenvalue weighted by atomic mass is 16.4. The van der Waals surface area contributed by atoms with Crippen molar-refractivity contribution in [2.45, 2.75) is 13.8 Å². The van der Waals surface area contributed by atoms with Gasteiger partial charge in [-0.05, 0) is 50.2 Å². The molecule has 1 aromatic heterocycles. The fraction of sp³-hybridized carbons (Fsp3) is 0.0952. The first-order valence-electron chi connectivity index (χ1n) is 8.40. The predicted molar refractivity (Wildman–Crippen MR) is 105 cm³/mol. The van der Waals surface area contributed by atoms with Gasteiger partial charge in [0.1, 0.15) is 5.75 Å². The molecule has 1 heterocycles. The van der Waals surface area contributed by atoms with Crippen LogP contribution in [0.4, 0.5) is 5.69 Å². The molecule has 0 saturated carbocycles. The standard InChI is InChI=1S/C21H18N2O5/c1-12-6-16(11-22-17-4-3-5-19(24)10-17)13(2)23(12)18-8-14(20(25)26)7-15(9-18)21(27)28/h3-11,24H,1-2H3,(H,25,26)(H,27,28). The van der Waals surface area contributed by atoms with Crippen LogP contribution in [0, 0.1) is 13.8 Å². The third-order valence-electron chi connectivity index (χ3n) is 4.32. The maximum absolute atomic E-state index is 11.4. The maximum Gasteiger partial charge on any atom is 0.335 e. The molecule has 2 aromatic carbocycles. The number of aromatic hydroxyl groups is 1. The van der Waals surface area contributed by atoms with Crippen LogP contribution in [0.2, 0.25) is 0 Å². The molecule has 0 aliphatic heterocycles. The number of aromatic nitrogens is 1. The van der Waals surface area contributed by atoms with Crippen molar-refractivity contribution in [1.29, 1.82) is 0 Å². The predicted octanol–water partition coefficient (Wildman–Crippen LogP) is 3.95. The van der Waals surface area contributed by atoms with E-state index in [9.17, 15) is 24.9 Å². The van der Waals surface area contributed by atoms with Gasteiger partial charge in [0.2, 0.25) is 0 Å². The van der Waals surface area contributed by atoms with Crippen molar-refractivity contribution in [2.24, 2.45) is 4.99 Å². The van der Waals surface area contributed by atoms with E-state index in [2.05, 4.69) is 4.99 Å². The van der Waals surface area contributed by atoms with Crippen LogP contribution in [0.15, 0.2) is 53.5 Å². The van der Waals surface area contributed by atoms with Crippen LogP contribution in [0.1, 0.15) is 37.7 Å². The largest absolute Gasteiger partial charge is 0.508 e. The molecule has 0 fully saturated rings. The highest BCUT2D eigenvalue weighted by Crippen LogP contribution is 2.24. The van der Waals surface area contributed by atoms with Gasteiger partial charge in [0, 0.05) is 34.9 Å². The van der Waals surface area contributed by atoms with Crippen molar-refractivity contribution in [3.63, 3.8) is 0 Å². The minimum absolute atomic E-state index is 0.0997. The van der Waals surface area contributed by atoms with Crippen LogP contribution >= 0.6 is 0 Å². The first-order valence-corrected chi connectivity index (χ1v) is 8.40. The fourth-order valence-corrected chi connectivity index (χ4v) is 3.02. The summed E-state index contributed by atoms with van der Waals surface area (Å²) in [5.41, 5.74) is 3.21. The van der Waals surface area contributed by atoms with E-state index in [0.29, 0.717) is 11.4 Å². The smallest absolute Gasteiger partial charge is 0.335 e. The van der Waals surface area contributed by atoms with Gasteiger partial charge in [-0.25, -0.2) is 9.59 Å². The molecule has 7 heteroatoms. The number of carboxylic acid groups (broad SMARTS) is 2. The highest BCUT2D eigenvalue weighted by molar-refractivity contribution is 5.95. The van der Waals surface area contributed by atoms with Crippen molar-refractivity contribution >= 4 is 23.8 Å². The van der Waals surface area contributed by atoms with E-state index in [-0.39, 0.29) is 16.9 Å². The summed E-state index contributed by atoms with van der Waals surface area (Å²) in [5.74, 6) is -2.28. The summed E-state index contributed by atoms with van der Waals surface area (Å²) in [7, 11) is 0. The van der Waals surface area contributed by atoms with E-state index in [1.54, 1.807) is 29.0 Å². The molecule has 3 rings (SSSR count). The number of phenolic OH excluding ortho intramolecular Hbond substituents is 1. The van der Waals surface area contributed by atoms with Crippen LogP contribution in [0.3, 0.4) is 0 Å². The number of phenols is 1. The van der Waals surface area contributed by atoms with E-state index in [0.717, 1.165) is 23.0 Å². The Morgan fingerprint density at radius 2 is 1.61 bits per heavy atom. The van der Waals surface area contributed by atoms with E-state index >= 15 is 0 Å². The number of aryl methyl sites for hydroxylation is 1. The van der Waals surface area contributed by atoms with E-state index < -0.39 is 11.9 Å². The minimum atomic E-state index is -1.20. The molecule has 3 N–H and O–H groups in total. The topological polar surface area (TPSA) is 112 Å². The minimum Gasteiger partial charge on any atom is -0.508 e. The number of carbonyl (C=O) groups is 2. The summed E-state index contributed by atoms with van der Waals surface area (Å²) in [6.45, 7) is 3.68. The van der Waals surface area contributed by atoms with Gasteiger partial charge in [-0.2, -0.15) is 0 Å².